The van der Waals surface area contributed by atoms with Gasteiger partial charge in [-0.15, -0.1) is 0 Å². The molecular formula is C19H35N3O4. The van der Waals surface area contributed by atoms with Crippen molar-refractivity contribution in [3.63, 3.8) is 0 Å². The van der Waals surface area contributed by atoms with Crippen LogP contribution in [0.3, 0.4) is 0 Å². The maximum atomic E-state index is 12.5. The summed E-state index contributed by atoms with van der Waals surface area (Å²) in [5, 5.41) is 12.0. The Morgan fingerprint density at radius 2 is 1.81 bits per heavy atom. The molecule has 0 aliphatic carbocycles. The lowest BCUT2D eigenvalue weighted by Gasteiger charge is -2.36. The summed E-state index contributed by atoms with van der Waals surface area (Å²) in [7, 11) is 2.02. The average Bonchev–Trinajstić information content (AvgIpc) is 2.57. The summed E-state index contributed by atoms with van der Waals surface area (Å²) >= 11 is 0. The molecule has 0 aromatic rings. The van der Waals surface area contributed by atoms with E-state index in [4.69, 9.17) is 5.11 Å². The van der Waals surface area contributed by atoms with E-state index in [1.54, 1.807) is 0 Å². The Kier molecular flexibility index (Phi) is 10.2. The molecule has 1 heterocycles. The van der Waals surface area contributed by atoms with Crippen LogP contribution in [-0.4, -0.2) is 72.0 Å². The van der Waals surface area contributed by atoms with E-state index in [1.807, 2.05) is 7.05 Å². The standard InChI is InChI=1S/C19H35N3O4/c1-15(2)6-4-5-11-20-17(23)7-8-18(24)22(14-19(25)26)16-9-12-21(3)13-10-16/h15-16H,4-14H2,1-3H3,(H,20,23)(H,25,26). The summed E-state index contributed by atoms with van der Waals surface area (Å²) in [5.74, 6) is -0.714. The number of carbonyl (C=O) groups excluding carboxylic acids is 2. The normalized spacial score (nSPS) is 15.8. The van der Waals surface area contributed by atoms with Crippen LogP contribution in [-0.2, 0) is 14.4 Å². The summed E-state index contributed by atoms with van der Waals surface area (Å²) in [6.07, 6.45) is 4.91. The highest BCUT2D eigenvalue weighted by Gasteiger charge is 2.28. The number of rotatable bonds is 11. The van der Waals surface area contributed by atoms with Gasteiger partial charge in [-0.2, -0.15) is 0 Å². The van der Waals surface area contributed by atoms with Crippen LogP contribution in [0.4, 0.5) is 0 Å². The van der Waals surface area contributed by atoms with Crippen molar-refractivity contribution in [3.8, 4) is 0 Å². The molecule has 2 amide bonds. The topological polar surface area (TPSA) is 90.0 Å². The number of nitrogens with one attached hydrogen (secondary N) is 1. The predicted molar refractivity (Wildman–Crippen MR) is 101 cm³/mol. The van der Waals surface area contributed by atoms with Crippen molar-refractivity contribution < 1.29 is 19.5 Å². The van der Waals surface area contributed by atoms with Crippen molar-refractivity contribution in [2.75, 3.05) is 33.2 Å². The fourth-order valence-electron chi connectivity index (χ4n) is 3.23. The van der Waals surface area contributed by atoms with E-state index in [2.05, 4.69) is 24.1 Å². The van der Waals surface area contributed by atoms with Gasteiger partial charge >= 0.3 is 5.97 Å². The van der Waals surface area contributed by atoms with Crippen LogP contribution < -0.4 is 5.32 Å². The van der Waals surface area contributed by atoms with Crippen LogP contribution in [0.15, 0.2) is 0 Å². The van der Waals surface area contributed by atoms with Crippen LogP contribution in [0, 0.1) is 5.92 Å². The highest BCUT2D eigenvalue weighted by Crippen LogP contribution is 2.17. The molecule has 150 valence electrons. The van der Waals surface area contributed by atoms with E-state index >= 15 is 0 Å². The first-order valence-electron chi connectivity index (χ1n) is 9.76. The van der Waals surface area contributed by atoms with Gasteiger partial charge in [0.2, 0.25) is 11.8 Å². The van der Waals surface area contributed by atoms with Gasteiger partial charge in [0, 0.05) is 25.4 Å². The minimum Gasteiger partial charge on any atom is -0.480 e. The van der Waals surface area contributed by atoms with E-state index in [-0.39, 0.29) is 37.2 Å². The molecule has 26 heavy (non-hydrogen) atoms. The smallest absolute Gasteiger partial charge is 0.323 e. The second kappa shape index (κ2) is 11.9. The molecule has 1 aliphatic rings. The molecule has 1 saturated heterocycles. The number of hydrogen-bond donors (Lipinski definition) is 2. The number of amides is 2. The Morgan fingerprint density at radius 3 is 2.38 bits per heavy atom. The molecule has 0 spiro atoms. The zero-order valence-electron chi connectivity index (χ0n) is 16.5. The molecule has 0 unspecified atom stereocenters. The average molecular weight is 370 g/mol. The van der Waals surface area contributed by atoms with Crippen LogP contribution in [0.25, 0.3) is 0 Å². The van der Waals surface area contributed by atoms with E-state index in [0.717, 1.165) is 45.2 Å². The largest absolute Gasteiger partial charge is 0.480 e. The molecule has 1 rings (SSSR count). The third-order valence-electron chi connectivity index (χ3n) is 4.85. The van der Waals surface area contributed by atoms with E-state index in [1.165, 1.54) is 4.90 Å². The van der Waals surface area contributed by atoms with E-state index < -0.39 is 5.97 Å². The second-order valence-electron chi connectivity index (χ2n) is 7.69. The zero-order chi connectivity index (χ0) is 19.5. The molecule has 1 aliphatic heterocycles. The van der Waals surface area contributed by atoms with E-state index in [9.17, 15) is 14.4 Å². The van der Waals surface area contributed by atoms with Crippen molar-refractivity contribution in [2.24, 2.45) is 5.92 Å². The molecule has 0 bridgehead atoms. The van der Waals surface area contributed by atoms with Crippen LogP contribution in [0.5, 0.6) is 0 Å². The first kappa shape index (κ1) is 22.4. The molecule has 1 fully saturated rings. The number of unbranched alkanes of at least 4 members (excludes halogenated alkanes) is 1. The van der Waals surface area contributed by atoms with Gasteiger partial charge in [0.15, 0.2) is 0 Å². The Balaban J connectivity index is 2.36. The molecule has 0 atom stereocenters. The molecule has 2 N–H and O–H groups in total. The number of aliphatic carboxylic acids is 1. The summed E-state index contributed by atoms with van der Waals surface area (Å²) in [6, 6.07) is -0.0473. The number of carbonyl (C=O) groups is 3. The Bertz CT molecular complexity index is 460. The fraction of sp³-hybridized carbons (Fsp3) is 0.842. The highest BCUT2D eigenvalue weighted by atomic mass is 16.4. The second-order valence-corrected chi connectivity index (χ2v) is 7.69. The van der Waals surface area contributed by atoms with Crippen LogP contribution in [0.1, 0.15) is 58.8 Å². The van der Waals surface area contributed by atoms with Gasteiger partial charge in [-0.25, -0.2) is 0 Å². The number of likely N-dealkylation sites (tertiary alicyclic amines) is 1. The predicted octanol–water partition coefficient (Wildman–Crippen LogP) is 1.72. The quantitative estimate of drug-likeness (QED) is 0.541. The van der Waals surface area contributed by atoms with Crippen molar-refractivity contribution in [1.29, 1.82) is 0 Å². The van der Waals surface area contributed by atoms with Crippen LogP contribution in [0.2, 0.25) is 0 Å². The molecule has 0 radical (unpaired) electrons. The lowest BCUT2D eigenvalue weighted by molar-refractivity contribution is -0.147. The fourth-order valence-corrected chi connectivity index (χ4v) is 3.23. The van der Waals surface area contributed by atoms with Gasteiger partial charge < -0.3 is 20.2 Å². The maximum absolute atomic E-state index is 12.5. The van der Waals surface area contributed by atoms with Gasteiger partial charge in [0.25, 0.3) is 0 Å². The molecule has 0 aromatic heterocycles. The molecule has 7 nitrogen and oxygen atoms in total. The molecule has 7 heteroatoms. The lowest BCUT2D eigenvalue weighted by Crippen LogP contribution is -2.48. The van der Waals surface area contributed by atoms with Crippen molar-refractivity contribution in [3.05, 3.63) is 0 Å². The first-order valence-corrected chi connectivity index (χ1v) is 9.76. The number of nitrogens with zero attached hydrogens (tertiary/aromatic N) is 2. The summed E-state index contributed by atoms with van der Waals surface area (Å²) < 4.78 is 0. The Morgan fingerprint density at radius 1 is 1.15 bits per heavy atom. The molecular weight excluding hydrogens is 334 g/mol. The molecule has 0 saturated carbocycles. The Hall–Kier alpha value is -1.63. The number of hydrogen-bond acceptors (Lipinski definition) is 4. The summed E-state index contributed by atoms with van der Waals surface area (Å²) in [5.41, 5.74) is 0. The minimum absolute atomic E-state index is 0.0473. The van der Waals surface area contributed by atoms with Crippen molar-refractivity contribution >= 4 is 17.8 Å². The SMILES string of the molecule is CC(C)CCCCNC(=O)CCC(=O)N(CC(=O)O)C1CCN(C)CC1. The van der Waals surface area contributed by atoms with E-state index in [0.29, 0.717) is 12.5 Å². The van der Waals surface area contributed by atoms with Gasteiger partial charge in [0.05, 0.1) is 0 Å². The van der Waals surface area contributed by atoms with Crippen molar-refractivity contribution in [2.45, 2.75) is 64.8 Å². The van der Waals surface area contributed by atoms with Crippen molar-refractivity contribution in [1.82, 2.24) is 15.1 Å². The third kappa shape index (κ3) is 9.17. The lowest BCUT2D eigenvalue weighted by atomic mass is 10.0. The number of piperidine rings is 1. The Labute approximate surface area is 157 Å². The number of carboxylic acids is 1. The van der Waals surface area contributed by atoms with Gasteiger partial charge in [-0.1, -0.05) is 26.7 Å². The zero-order valence-corrected chi connectivity index (χ0v) is 16.5. The van der Waals surface area contributed by atoms with Gasteiger partial charge in [0.1, 0.15) is 6.54 Å². The summed E-state index contributed by atoms with van der Waals surface area (Å²) in [6.45, 7) is 6.41. The highest BCUT2D eigenvalue weighted by molar-refractivity contribution is 5.86. The van der Waals surface area contributed by atoms with Crippen LogP contribution >= 0.6 is 0 Å². The third-order valence-corrected chi connectivity index (χ3v) is 4.85. The van der Waals surface area contributed by atoms with Gasteiger partial charge in [-0.3, -0.25) is 14.4 Å². The minimum atomic E-state index is -1.01. The number of carboxylic acid groups (broad SMARTS) is 1. The molecule has 0 aromatic carbocycles. The monoisotopic (exact) mass is 369 g/mol. The summed E-state index contributed by atoms with van der Waals surface area (Å²) in [4.78, 5) is 39.1. The first-order chi connectivity index (χ1) is 12.3. The maximum Gasteiger partial charge on any atom is 0.323 e. The van der Waals surface area contributed by atoms with Gasteiger partial charge in [-0.05, 0) is 45.3 Å².